The monoisotopic (exact) mass is 391 g/mol. The molecule has 0 atom stereocenters. The van der Waals surface area contributed by atoms with Crippen molar-refractivity contribution in [3.05, 3.63) is 48.0 Å². The summed E-state index contributed by atoms with van der Waals surface area (Å²) in [6.45, 7) is 11.8. The number of ether oxygens (including phenoxy) is 1. The fraction of sp³-hybridized carbons (Fsp3) is 0.429. The molecule has 1 N–H and O–H groups in total. The van der Waals surface area contributed by atoms with Crippen molar-refractivity contribution in [3.8, 4) is 11.5 Å². The molecule has 1 fully saturated rings. The first-order valence-corrected chi connectivity index (χ1v) is 9.43. The highest BCUT2D eigenvalue weighted by Crippen LogP contribution is 2.38. The van der Waals surface area contributed by atoms with Gasteiger partial charge in [0, 0.05) is 24.3 Å². The predicted molar refractivity (Wildman–Crippen MR) is 109 cm³/mol. The van der Waals surface area contributed by atoms with E-state index in [2.05, 4.69) is 5.32 Å². The topological polar surface area (TPSA) is 39.7 Å². The van der Waals surface area contributed by atoms with Crippen molar-refractivity contribution >= 4 is 18.3 Å². The number of hydrogen-bond donors (Lipinski definition) is 1. The molecule has 0 amide bonds. The highest BCUT2D eigenvalue weighted by Gasteiger charge is 2.52. The third-order valence-corrected chi connectivity index (χ3v) is 4.92. The second kappa shape index (κ2) is 8.49. The molecule has 1 saturated heterocycles. The zero-order valence-electron chi connectivity index (χ0n) is 17.5. The molecule has 2 aromatic carbocycles. The van der Waals surface area contributed by atoms with E-state index in [0.717, 1.165) is 17.8 Å². The molecule has 152 valence electrons. The number of rotatable bonds is 4. The van der Waals surface area contributed by atoms with E-state index in [0.29, 0.717) is 11.2 Å². The van der Waals surface area contributed by atoms with Gasteiger partial charge in [0.25, 0.3) is 0 Å². The van der Waals surface area contributed by atoms with Crippen LogP contribution in [0.5, 0.6) is 11.5 Å². The smallest absolute Gasteiger partial charge is 0.455 e. The van der Waals surface area contributed by atoms with E-state index in [9.17, 15) is 8.78 Å². The Kier molecular flexibility index (Phi) is 6.73. The molecule has 4 nitrogen and oxygen atoms in total. The highest BCUT2D eigenvalue weighted by molar-refractivity contribution is 6.63. The van der Waals surface area contributed by atoms with Gasteiger partial charge in [-0.05, 0) is 58.0 Å². The maximum absolute atomic E-state index is 14.0. The summed E-state index contributed by atoms with van der Waals surface area (Å²) >= 11 is 0. The lowest BCUT2D eigenvalue weighted by molar-refractivity contribution is 0.00578. The molecule has 3 rings (SSSR count). The number of anilines is 1. The Labute approximate surface area is 166 Å². The summed E-state index contributed by atoms with van der Waals surface area (Å²) < 4.78 is 45.0. The van der Waals surface area contributed by atoms with Crippen molar-refractivity contribution in [2.45, 2.75) is 52.7 Å². The second-order valence-electron chi connectivity index (χ2n) is 7.27. The van der Waals surface area contributed by atoms with Gasteiger partial charge >= 0.3 is 7.12 Å². The molecule has 0 aromatic heterocycles. The van der Waals surface area contributed by atoms with Crippen molar-refractivity contribution in [1.82, 2.24) is 0 Å². The summed E-state index contributed by atoms with van der Waals surface area (Å²) in [6.07, 6.45) is 0. The number of hydrogen-bond acceptors (Lipinski definition) is 4. The molecular formula is C21H28BF2NO3. The van der Waals surface area contributed by atoms with E-state index in [-0.39, 0.29) is 5.75 Å². The zero-order chi connectivity index (χ0) is 21.1. The van der Waals surface area contributed by atoms with Crippen molar-refractivity contribution < 1.29 is 22.8 Å². The normalized spacial score (nSPS) is 17.0. The molecule has 0 bridgehead atoms. The molecule has 0 saturated carbocycles. The molecular weight excluding hydrogens is 363 g/mol. The van der Waals surface area contributed by atoms with Crippen molar-refractivity contribution in [2.75, 3.05) is 12.4 Å². The van der Waals surface area contributed by atoms with Crippen molar-refractivity contribution in [1.29, 1.82) is 0 Å². The summed E-state index contributed by atoms with van der Waals surface area (Å²) in [5.41, 5.74) is 0.415. The maximum Gasteiger partial charge on any atom is 0.498 e. The van der Waals surface area contributed by atoms with Gasteiger partial charge in [0.2, 0.25) is 0 Å². The fourth-order valence-corrected chi connectivity index (χ4v) is 2.63. The van der Waals surface area contributed by atoms with Crippen molar-refractivity contribution in [3.63, 3.8) is 0 Å². The first kappa shape index (κ1) is 22.2. The van der Waals surface area contributed by atoms with E-state index in [4.69, 9.17) is 14.0 Å². The SMILES string of the molecule is CC.CNc1ccc(Oc2ccc(F)cc2F)c(B2OC(C)(C)C(C)(C)O2)c1. The first-order valence-electron chi connectivity index (χ1n) is 9.43. The van der Waals surface area contributed by atoms with Crippen LogP contribution in [0, 0.1) is 11.6 Å². The van der Waals surface area contributed by atoms with Crippen LogP contribution in [0.25, 0.3) is 0 Å². The average molecular weight is 391 g/mol. The van der Waals surface area contributed by atoms with Crippen LogP contribution in [0.3, 0.4) is 0 Å². The minimum absolute atomic E-state index is 0.0682. The molecule has 0 radical (unpaired) electrons. The Morgan fingerprint density at radius 3 is 2.00 bits per heavy atom. The van der Waals surface area contributed by atoms with Gasteiger partial charge in [-0.2, -0.15) is 0 Å². The van der Waals surface area contributed by atoms with Crippen LogP contribution in [-0.2, 0) is 9.31 Å². The van der Waals surface area contributed by atoms with Gasteiger partial charge in [0.15, 0.2) is 11.6 Å². The molecule has 28 heavy (non-hydrogen) atoms. The van der Waals surface area contributed by atoms with Gasteiger partial charge in [-0.15, -0.1) is 0 Å². The van der Waals surface area contributed by atoms with Gasteiger partial charge in [-0.25, -0.2) is 8.78 Å². The molecule has 0 aliphatic carbocycles. The van der Waals surface area contributed by atoms with Gasteiger partial charge < -0.3 is 19.4 Å². The molecule has 2 aromatic rings. The van der Waals surface area contributed by atoms with E-state index >= 15 is 0 Å². The van der Waals surface area contributed by atoms with E-state index in [1.807, 2.05) is 47.6 Å². The Morgan fingerprint density at radius 1 is 0.893 bits per heavy atom. The Bertz CT molecular complexity index is 811. The number of benzene rings is 2. The lowest BCUT2D eigenvalue weighted by atomic mass is 9.78. The van der Waals surface area contributed by atoms with Crippen LogP contribution in [0.4, 0.5) is 14.5 Å². The lowest BCUT2D eigenvalue weighted by Gasteiger charge is -2.32. The van der Waals surface area contributed by atoms with Crippen LogP contribution in [0.1, 0.15) is 41.5 Å². The van der Waals surface area contributed by atoms with Gasteiger partial charge in [-0.1, -0.05) is 13.8 Å². The summed E-state index contributed by atoms with van der Waals surface area (Å²) in [6, 6.07) is 8.52. The second-order valence-corrected chi connectivity index (χ2v) is 7.27. The number of nitrogens with one attached hydrogen (secondary N) is 1. The van der Waals surface area contributed by atoms with Crippen LogP contribution in [0.2, 0.25) is 0 Å². The maximum atomic E-state index is 14.0. The molecule has 7 heteroatoms. The van der Waals surface area contributed by atoms with Crippen molar-refractivity contribution in [2.24, 2.45) is 0 Å². The van der Waals surface area contributed by atoms with Crippen LogP contribution < -0.4 is 15.5 Å². The van der Waals surface area contributed by atoms with Gasteiger partial charge in [0.1, 0.15) is 11.6 Å². The standard InChI is InChI=1S/C19H22BF2NO3.C2H6/c1-18(2)19(3,4)26-20(25-18)14-11-13(23-5)7-9-16(14)24-17-8-6-12(21)10-15(17)22;1-2/h6-11,23H,1-5H3;1-2H3. The molecule has 1 heterocycles. The minimum Gasteiger partial charge on any atom is -0.455 e. The summed E-state index contributed by atoms with van der Waals surface area (Å²) in [7, 11) is 1.12. The summed E-state index contributed by atoms with van der Waals surface area (Å²) in [4.78, 5) is 0. The van der Waals surface area contributed by atoms with E-state index in [1.165, 1.54) is 6.07 Å². The Hall–Kier alpha value is -2.12. The van der Waals surface area contributed by atoms with E-state index < -0.39 is 30.0 Å². The average Bonchev–Trinajstić information content (AvgIpc) is 2.86. The zero-order valence-corrected chi connectivity index (χ0v) is 17.5. The predicted octanol–water partition coefficient (Wildman–Crippen LogP) is 5.12. The Morgan fingerprint density at radius 2 is 1.46 bits per heavy atom. The third kappa shape index (κ3) is 4.47. The van der Waals surface area contributed by atoms with E-state index in [1.54, 1.807) is 19.2 Å². The quantitative estimate of drug-likeness (QED) is 0.734. The van der Waals surface area contributed by atoms with Crippen LogP contribution in [-0.4, -0.2) is 25.4 Å². The van der Waals surface area contributed by atoms with Gasteiger partial charge in [-0.3, -0.25) is 0 Å². The first-order chi connectivity index (χ1) is 13.1. The molecule has 0 unspecified atom stereocenters. The summed E-state index contributed by atoms with van der Waals surface area (Å²) in [5, 5.41) is 3.05. The Balaban J connectivity index is 0.00000136. The largest absolute Gasteiger partial charge is 0.498 e. The number of halogens is 2. The molecule has 1 aliphatic rings. The third-order valence-electron chi connectivity index (χ3n) is 4.92. The molecule has 1 aliphatic heterocycles. The molecule has 0 spiro atoms. The fourth-order valence-electron chi connectivity index (χ4n) is 2.63. The van der Waals surface area contributed by atoms with Crippen LogP contribution >= 0.6 is 0 Å². The minimum atomic E-state index is -0.775. The highest BCUT2D eigenvalue weighted by atomic mass is 19.1. The van der Waals surface area contributed by atoms with Crippen LogP contribution in [0.15, 0.2) is 36.4 Å². The van der Waals surface area contributed by atoms with Gasteiger partial charge in [0.05, 0.1) is 11.2 Å². The lowest BCUT2D eigenvalue weighted by Crippen LogP contribution is -2.41. The summed E-state index contributed by atoms with van der Waals surface area (Å²) in [5.74, 6) is -1.12.